The maximum atomic E-state index is 15.0. The Hall–Kier alpha value is -2.98. The van der Waals surface area contributed by atoms with E-state index < -0.39 is 11.6 Å². The molecule has 4 nitrogen and oxygen atoms in total. The highest BCUT2D eigenvalue weighted by Gasteiger charge is 2.36. The molecule has 0 bridgehead atoms. The van der Waals surface area contributed by atoms with Gasteiger partial charge in [0.05, 0.1) is 19.1 Å². The molecule has 4 rings (SSSR count). The molecule has 1 heterocycles. The summed E-state index contributed by atoms with van der Waals surface area (Å²) in [5, 5.41) is 13.5. The van der Waals surface area contributed by atoms with E-state index >= 15 is 0 Å². The quantitative estimate of drug-likeness (QED) is 0.340. The van der Waals surface area contributed by atoms with Crippen LogP contribution in [-0.4, -0.2) is 25.3 Å². The van der Waals surface area contributed by atoms with Crippen molar-refractivity contribution < 1.29 is 18.3 Å². The Kier molecular flexibility index (Phi) is 8.70. The minimum Gasteiger partial charge on any atom is -0.488 e. The monoisotopic (exact) mass is 496 g/mol. The van der Waals surface area contributed by atoms with Crippen molar-refractivity contribution in [1.82, 2.24) is 5.32 Å². The molecule has 1 aliphatic rings. The first-order valence-electron chi connectivity index (χ1n) is 11.6. The first-order valence-corrected chi connectivity index (χ1v) is 12.0. The lowest BCUT2D eigenvalue weighted by molar-refractivity contribution is 0.106. The fourth-order valence-electron chi connectivity index (χ4n) is 4.46. The first kappa shape index (κ1) is 25.1. The lowest BCUT2D eigenvalue weighted by Gasteiger charge is -2.36. The number of nitriles is 1. The zero-order valence-electron chi connectivity index (χ0n) is 19.2. The summed E-state index contributed by atoms with van der Waals surface area (Å²) in [7, 11) is 0. The van der Waals surface area contributed by atoms with E-state index in [0.29, 0.717) is 31.1 Å². The molecule has 0 saturated carbocycles. The van der Waals surface area contributed by atoms with Crippen molar-refractivity contribution in [3.63, 3.8) is 0 Å². The maximum Gasteiger partial charge on any atom is 0.165 e. The lowest BCUT2D eigenvalue weighted by Crippen LogP contribution is -2.48. The summed E-state index contributed by atoms with van der Waals surface area (Å²) in [6, 6.07) is 21.1. The van der Waals surface area contributed by atoms with Gasteiger partial charge >= 0.3 is 0 Å². The Morgan fingerprint density at radius 2 is 1.77 bits per heavy atom. The molecule has 3 atom stereocenters. The van der Waals surface area contributed by atoms with E-state index in [4.69, 9.17) is 21.1 Å². The first-order chi connectivity index (χ1) is 17.0. The summed E-state index contributed by atoms with van der Waals surface area (Å²) in [6.07, 6.45) is 1.33. The summed E-state index contributed by atoms with van der Waals surface area (Å²) in [5.74, 6) is -1.51. The summed E-state index contributed by atoms with van der Waals surface area (Å²) < 4.78 is 40.9. The van der Waals surface area contributed by atoms with Crippen LogP contribution in [0.1, 0.15) is 35.4 Å². The van der Waals surface area contributed by atoms with Gasteiger partial charge in [-0.15, -0.1) is 0 Å². The molecule has 3 aromatic rings. The normalized spacial score (nSPS) is 17.8. The van der Waals surface area contributed by atoms with Gasteiger partial charge in [0.2, 0.25) is 0 Å². The third-order valence-corrected chi connectivity index (χ3v) is 6.49. The highest BCUT2D eigenvalue weighted by Crippen LogP contribution is 2.40. The zero-order valence-corrected chi connectivity index (χ0v) is 20.0. The largest absolute Gasteiger partial charge is 0.488 e. The van der Waals surface area contributed by atoms with Crippen LogP contribution in [0.15, 0.2) is 66.7 Å². The molecule has 2 unspecified atom stereocenters. The van der Waals surface area contributed by atoms with Crippen molar-refractivity contribution in [2.24, 2.45) is 0 Å². The Morgan fingerprint density at radius 1 is 1.03 bits per heavy atom. The second-order valence-corrected chi connectivity index (χ2v) is 9.12. The van der Waals surface area contributed by atoms with E-state index in [1.54, 1.807) is 12.1 Å². The molecular formula is C28H27ClF2N2O2. The van der Waals surface area contributed by atoms with Gasteiger partial charge in [0.1, 0.15) is 12.4 Å². The fraction of sp³-hybridized carbons (Fsp3) is 0.321. The minimum atomic E-state index is -0.580. The number of hydrogen-bond acceptors (Lipinski definition) is 4. The van der Waals surface area contributed by atoms with Crippen molar-refractivity contribution >= 4 is 11.6 Å². The fourth-order valence-corrected chi connectivity index (χ4v) is 4.59. The number of nitrogens with zero attached hydrogens (tertiary/aromatic N) is 1. The molecular weight excluding hydrogens is 470 g/mol. The van der Waals surface area contributed by atoms with E-state index in [1.807, 2.05) is 42.5 Å². The molecule has 1 N–H and O–H groups in total. The summed E-state index contributed by atoms with van der Waals surface area (Å²) in [6.45, 7) is 1.12. The highest BCUT2D eigenvalue weighted by atomic mass is 35.5. The highest BCUT2D eigenvalue weighted by molar-refractivity contribution is 6.30. The topological polar surface area (TPSA) is 54.3 Å². The molecule has 0 saturated heterocycles. The van der Waals surface area contributed by atoms with Crippen molar-refractivity contribution in [3.8, 4) is 11.8 Å². The van der Waals surface area contributed by atoms with Gasteiger partial charge in [-0.1, -0.05) is 54.1 Å². The van der Waals surface area contributed by atoms with Crippen molar-refractivity contribution in [2.75, 3.05) is 13.2 Å². The number of halogens is 3. The molecule has 7 heteroatoms. The van der Waals surface area contributed by atoms with Crippen LogP contribution in [-0.2, 0) is 17.8 Å². The molecule has 0 aromatic heterocycles. The van der Waals surface area contributed by atoms with E-state index in [9.17, 15) is 14.0 Å². The average Bonchev–Trinajstić information content (AvgIpc) is 2.87. The van der Waals surface area contributed by atoms with Gasteiger partial charge in [0.25, 0.3) is 0 Å². The molecule has 0 radical (unpaired) electrons. The molecule has 35 heavy (non-hydrogen) atoms. The third-order valence-electron chi connectivity index (χ3n) is 6.24. The second kappa shape index (κ2) is 12.1. The van der Waals surface area contributed by atoms with Gasteiger partial charge in [-0.3, -0.25) is 0 Å². The molecule has 1 aliphatic heterocycles. The number of fused-ring (bicyclic) bond motifs is 1. The van der Waals surface area contributed by atoms with Crippen molar-refractivity contribution in [2.45, 2.75) is 43.9 Å². The Bertz CT molecular complexity index is 1150. The van der Waals surface area contributed by atoms with Crippen LogP contribution in [0.2, 0.25) is 5.02 Å². The van der Waals surface area contributed by atoms with Gasteiger partial charge in [-0.05, 0) is 48.2 Å². The van der Waals surface area contributed by atoms with Crippen molar-refractivity contribution in [1.29, 1.82) is 5.26 Å². The van der Waals surface area contributed by atoms with Crippen molar-refractivity contribution in [3.05, 3.63) is 100 Å². The Morgan fingerprint density at radius 3 is 2.51 bits per heavy atom. The molecule has 0 fully saturated rings. The zero-order chi connectivity index (χ0) is 24.6. The van der Waals surface area contributed by atoms with Gasteiger partial charge in [-0.25, -0.2) is 8.78 Å². The summed E-state index contributed by atoms with van der Waals surface area (Å²) >= 11 is 6.03. The maximum absolute atomic E-state index is 15.0. The molecule has 0 aliphatic carbocycles. The molecule has 0 amide bonds. The van der Waals surface area contributed by atoms with E-state index in [2.05, 4.69) is 11.4 Å². The van der Waals surface area contributed by atoms with Crippen LogP contribution in [0.3, 0.4) is 0 Å². The van der Waals surface area contributed by atoms with E-state index in [0.717, 1.165) is 23.3 Å². The summed E-state index contributed by atoms with van der Waals surface area (Å²) in [5.41, 5.74) is 2.25. The van der Waals surface area contributed by atoms with Crippen LogP contribution in [0, 0.1) is 23.0 Å². The lowest BCUT2D eigenvalue weighted by atomic mass is 9.83. The number of benzene rings is 3. The number of rotatable bonds is 10. The Balaban J connectivity index is 1.49. The van der Waals surface area contributed by atoms with E-state index in [1.165, 1.54) is 0 Å². The minimum absolute atomic E-state index is 0.0370. The molecule has 0 spiro atoms. The van der Waals surface area contributed by atoms with Crippen LogP contribution < -0.4 is 10.1 Å². The Labute approximate surface area is 209 Å². The number of hydrogen-bond donors (Lipinski definition) is 1. The van der Waals surface area contributed by atoms with Crippen LogP contribution in [0.25, 0.3) is 0 Å². The van der Waals surface area contributed by atoms with Crippen LogP contribution in [0.4, 0.5) is 8.78 Å². The second-order valence-electron chi connectivity index (χ2n) is 8.68. The SMILES string of the molecule is N#CC[C@H](CCOCc1ccccc1)NC1COc2c(F)ccc(F)c2C1Cc1ccc(Cl)cc1. The smallest absolute Gasteiger partial charge is 0.165 e. The number of nitrogens with one attached hydrogen (secondary N) is 1. The summed E-state index contributed by atoms with van der Waals surface area (Å²) in [4.78, 5) is 0. The predicted octanol–water partition coefficient (Wildman–Crippen LogP) is 6.18. The number of ether oxygens (including phenoxy) is 2. The molecule has 182 valence electrons. The van der Waals surface area contributed by atoms with Crippen LogP contribution >= 0.6 is 11.6 Å². The van der Waals surface area contributed by atoms with Crippen LogP contribution in [0.5, 0.6) is 5.75 Å². The van der Waals surface area contributed by atoms with Gasteiger partial charge < -0.3 is 14.8 Å². The standard InChI is InChI=1S/C28H27ClF2N2O2/c29-21-8-6-19(7-9-21)16-23-26(18-35-28-25(31)11-10-24(30)27(23)28)33-22(12-14-32)13-15-34-17-20-4-2-1-3-5-20/h1-11,22-23,26,33H,12-13,15-18H2/t22-,23?,26?/m1/s1. The average molecular weight is 497 g/mol. The van der Waals surface area contributed by atoms with Gasteiger partial charge in [0, 0.05) is 35.2 Å². The third kappa shape index (κ3) is 6.58. The van der Waals surface area contributed by atoms with Gasteiger partial charge in [0.15, 0.2) is 11.6 Å². The van der Waals surface area contributed by atoms with Gasteiger partial charge in [-0.2, -0.15) is 5.26 Å². The predicted molar refractivity (Wildman–Crippen MR) is 131 cm³/mol. The van der Waals surface area contributed by atoms with E-state index in [-0.39, 0.29) is 42.3 Å². The molecule has 3 aromatic carbocycles.